The molecule has 1 heterocycles. The summed E-state index contributed by atoms with van der Waals surface area (Å²) in [5, 5.41) is 0.626. The van der Waals surface area contributed by atoms with E-state index in [1.54, 1.807) is 20.7 Å². The molecule has 0 aliphatic heterocycles. The van der Waals surface area contributed by atoms with Gasteiger partial charge in [0.2, 0.25) is 4.80 Å². The molecule has 0 amide bonds. The second-order valence-electron chi connectivity index (χ2n) is 4.91. The van der Waals surface area contributed by atoms with Crippen molar-refractivity contribution in [2.45, 2.75) is 38.1 Å². The Kier molecular flexibility index (Phi) is 5.29. The second-order valence-corrected chi connectivity index (χ2v) is 7.33. The van der Waals surface area contributed by atoms with Crippen molar-refractivity contribution in [2.24, 2.45) is 9.98 Å². The Labute approximate surface area is 126 Å². The van der Waals surface area contributed by atoms with E-state index in [0.717, 1.165) is 9.60 Å². The largest absolute Gasteiger partial charge is 0.353 e. The van der Waals surface area contributed by atoms with Gasteiger partial charge in [0.05, 0.1) is 0 Å². The number of hydrogen-bond donors (Lipinski definition) is 0. The number of thiocarbonyl (C=S) groups is 1. The molecule has 0 radical (unpaired) electrons. The monoisotopic (exact) mass is 316 g/mol. The molecule has 1 fully saturated rings. The number of hydrogen-bond acceptors (Lipinski definition) is 4. The molecule has 4 nitrogen and oxygen atoms in total. The van der Waals surface area contributed by atoms with Gasteiger partial charge in [-0.05, 0) is 45.7 Å². The van der Waals surface area contributed by atoms with Gasteiger partial charge in [0.1, 0.15) is 0 Å². The van der Waals surface area contributed by atoms with Crippen LogP contribution in [0.1, 0.15) is 38.1 Å². The molecule has 2 rings (SSSR count). The smallest absolute Gasteiger partial charge is 0.204 e. The van der Waals surface area contributed by atoms with Crippen LogP contribution in [-0.2, 0) is 0 Å². The van der Waals surface area contributed by atoms with Crippen molar-refractivity contribution in [3.63, 3.8) is 0 Å². The van der Waals surface area contributed by atoms with E-state index in [9.17, 15) is 0 Å². The van der Waals surface area contributed by atoms with E-state index < -0.39 is 0 Å². The molecule has 19 heavy (non-hydrogen) atoms. The van der Waals surface area contributed by atoms with Crippen molar-refractivity contribution in [1.82, 2.24) is 9.47 Å². The van der Waals surface area contributed by atoms with Crippen molar-refractivity contribution in [1.29, 1.82) is 0 Å². The Balaban J connectivity index is 2.45. The SMILES string of the molecule is CN=c1ssc(=NC(=S)N(C)C)n1C1CCCCC1. The lowest BCUT2D eigenvalue weighted by molar-refractivity contribution is 0.342. The van der Waals surface area contributed by atoms with Gasteiger partial charge < -0.3 is 4.90 Å². The summed E-state index contributed by atoms with van der Waals surface area (Å²) >= 11 is 5.29. The molecular weight excluding hydrogens is 296 g/mol. The molecule has 0 bridgehead atoms. The third kappa shape index (κ3) is 3.52. The van der Waals surface area contributed by atoms with Crippen LogP contribution in [0.5, 0.6) is 0 Å². The Hall–Kier alpha value is -0.530. The summed E-state index contributed by atoms with van der Waals surface area (Å²) in [6, 6.07) is 0.540. The lowest BCUT2D eigenvalue weighted by Gasteiger charge is -2.22. The van der Waals surface area contributed by atoms with Crippen LogP contribution in [0.3, 0.4) is 0 Å². The standard InChI is InChI=1S/C12H20N4S3/c1-13-11-16(9-7-5-4-6-8-9)12(19-18-11)14-10(17)15(2)3/h9H,4-8H2,1-3H3. The van der Waals surface area contributed by atoms with Crippen molar-refractivity contribution in [3.8, 4) is 0 Å². The highest BCUT2D eigenvalue weighted by molar-refractivity contribution is 7.80. The van der Waals surface area contributed by atoms with E-state index in [2.05, 4.69) is 14.6 Å². The Bertz CT molecular complexity index is 558. The van der Waals surface area contributed by atoms with E-state index in [4.69, 9.17) is 12.2 Å². The fraction of sp³-hybridized carbons (Fsp3) is 0.750. The molecule has 1 aromatic heterocycles. The Morgan fingerprint density at radius 1 is 1.21 bits per heavy atom. The third-order valence-electron chi connectivity index (χ3n) is 3.31. The minimum absolute atomic E-state index is 0.540. The van der Waals surface area contributed by atoms with Gasteiger partial charge in [-0.3, -0.25) is 9.56 Å². The summed E-state index contributed by atoms with van der Waals surface area (Å²) in [5.41, 5.74) is 0. The average molecular weight is 317 g/mol. The van der Waals surface area contributed by atoms with Gasteiger partial charge in [-0.2, -0.15) is 4.99 Å². The first kappa shape index (κ1) is 14.9. The van der Waals surface area contributed by atoms with Crippen LogP contribution >= 0.6 is 32.9 Å². The van der Waals surface area contributed by atoms with Gasteiger partial charge in [0, 0.05) is 27.2 Å². The summed E-state index contributed by atoms with van der Waals surface area (Å²) in [5.74, 6) is 0. The zero-order chi connectivity index (χ0) is 13.8. The van der Waals surface area contributed by atoms with Crippen LogP contribution in [0.25, 0.3) is 0 Å². The van der Waals surface area contributed by atoms with Crippen molar-refractivity contribution in [2.75, 3.05) is 21.1 Å². The van der Waals surface area contributed by atoms with E-state index >= 15 is 0 Å². The second kappa shape index (κ2) is 6.76. The molecule has 0 unspecified atom stereocenters. The van der Waals surface area contributed by atoms with E-state index in [-0.39, 0.29) is 0 Å². The van der Waals surface area contributed by atoms with Crippen LogP contribution in [0.15, 0.2) is 9.98 Å². The summed E-state index contributed by atoms with van der Waals surface area (Å²) in [6.45, 7) is 0. The lowest BCUT2D eigenvalue weighted by atomic mass is 9.95. The Morgan fingerprint density at radius 2 is 1.84 bits per heavy atom. The van der Waals surface area contributed by atoms with E-state index in [1.165, 1.54) is 32.1 Å². The number of aromatic nitrogens is 1. The molecule has 0 atom stereocenters. The first-order valence-electron chi connectivity index (χ1n) is 6.54. The number of nitrogens with zero attached hydrogens (tertiary/aromatic N) is 4. The van der Waals surface area contributed by atoms with Gasteiger partial charge in [0.15, 0.2) is 9.91 Å². The zero-order valence-corrected chi connectivity index (χ0v) is 14.1. The molecule has 7 heteroatoms. The highest BCUT2D eigenvalue weighted by Crippen LogP contribution is 2.26. The summed E-state index contributed by atoms with van der Waals surface area (Å²) in [4.78, 5) is 12.9. The van der Waals surface area contributed by atoms with Crippen LogP contribution in [0, 0.1) is 0 Å². The highest BCUT2D eigenvalue weighted by Gasteiger charge is 2.18. The van der Waals surface area contributed by atoms with Gasteiger partial charge in [0.25, 0.3) is 0 Å². The molecule has 0 aromatic carbocycles. The van der Waals surface area contributed by atoms with Crippen LogP contribution < -0.4 is 9.60 Å². The quantitative estimate of drug-likeness (QED) is 0.589. The van der Waals surface area contributed by atoms with Crippen LogP contribution in [0.4, 0.5) is 0 Å². The maximum absolute atomic E-state index is 5.29. The minimum atomic E-state index is 0.540. The topological polar surface area (TPSA) is 32.9 Å². The van der Waals surface area contributed by atoms with Crippen molar-refractivity contribution >= 4 is 38.0 Å². The predicted molar refractivity (Wildman–Crippen MR) is 85.6 cm³/mol. The molecule has 0 saturated heterocycles. The summed E-state index contributed by atoms with van der Waals surface area (Å²) in [6.07, 6.45) is 6.42. The zero-order valence-electron chi connectivity index (χ0n) is 11.6. The molecule has 1 saturated carbocycles. The molecule has 0 N–H and O–H groups in total. The highest BCUT2D eigenvalue weighted by atomic mass is 32.9. The van der Waals surface area contributed by atoms with Crippen molar-refractivity contribution in [3.05, 3.63) is 9.60 Å². The molecule has 1 aliphatic rings. The number of rotatable bonds is 1. The minimum Gasteiger partial charge on any atom is -0.353 e. The van der Waals surface area contributed by atoms with Crippen LogP contribution in [0.2, 0.25) is 0 Å². The molecule has 0 spiro atoms. The van der Waals surface area contributed by atoms with Gasteiger partial charge in [-0.15, -0.1) is 0 Å². The van der Waals surface area contributed by atoms with Gasteiger partial charge >= 0.3 is 0 Å². The molecule has 1 aromatic rings. The lowest BCUT2D eigenvalue weighted by Crippen LogP contribution is -2.33. The van der Waals surface area contributed by atoms with E-state index in [1.807, 2.05) is 26.0 Å². The van der Waals surface area contributed by atoms with E-state index in [0.29, 0.717) is 11.2 Å². The average Bonchev–Trinajstić information content (AvgIpc) is 2.82. The van der Waals surface area contributed by atoms with Crippen LogP contribution in [-0.4, -0.2) is 35.7 Å². The Morgan fingerprint density at radius 3 is 2.42 bits per heavy atom. The normalized spacial score (nSPS) is 18.9. The summed E-state index contributed by atoms with van der Waals surface area (Å²) < 4.78 is 2.30. The molecular formula is C12H20N4S3. The molecule has 1 aliphatic carbocycles. The maximum Gasteiger partial charge on any atom is 0.204 e. The van der Waals surface area contributed by atoms with Gasteiger partial charge in [-0.25, -0.2) is 0 Å². The third-order valence-corrected chi connectivity index (χ3v) is 5.96. The first-order valence-corrected chi connectivity index (χ1v) is 9.10. The first-order chi connectivity index (χ1) is 9.13. The predicted octanol–water partition coefficient (Wildman–Crippen LogP) is 2.39. The van der Waals surface area contributed by atoms with Crippen molar-refractivity contribution < 1.29 is 0 Å². The summed E-state index contributed by atoms with van der Waals surface area (Å²) in [7, 11) is 9.07. The fourth-order valence-electron chi connectivity index (χ4n) is 2.29. The molecule has 106 valence electrons. The maximum atomic E-state index is 5.29. The van der Waals surface area contributed by atoms with Gasteiger partial charge in [-0.1, -0.05) is 19.3 Å². The fourth-order valence-corrected chi connectivity index (χ4v) is 4.73.